The van der Waals surface area contributed by atoms with Crippen LogP contribution in [0, 0.1) is 0 Å². The number of hydrogen-bond acceptors (Lipinski definition) is 7. The average Bonchev–Trinajstić information content (AvgIpc) is 2.94. The van der Waals surface area contributed by atoms with Crippen LogP contribution in [0.3, 0.4) is 0 Å². The van der Waals surface area contributed by atoms with Crippen molar-refractivity contribution >= 4 is 32.8 Å². The first-order valence-corrected chi connectivity index (χ1v) is 9.20. The third-order valence-electron chi connectivity index (χ3n) is 3.51. The highest BCUT2D eigenvalue weighted by atomic mass is 32.2. The van der Waals surface area contributed by atoms with Crippen molar-refractivity contribution in [2.24, 2.45) is 7.05 Å². The maximum Gasteiger partial charge on any atom is 0.357 e. The molecule has 11 heteroatoms. The summed E-state index contributed by atoms with van der Waals surface area (Å²) in [5, 5.41) is 8.16. The Balaban J connectivity index is 1.79. The van der Waals surface area contributed by atoms with E-state index in [0.29, 0.717) is 24.6 Å². The molecule has 3 N–H and O–H groups in total. The molecule has 0 saturated heterocycles. The second kappa shape index (κ2) is 7.14. The van der Waals surface area contributed by atoms with E-state index in [4.69, 9.17) is 9.29 Å². The number of nitrogens with zero attached hydrogens (tertiary/aromatic N) is 4. The van der Waals surface area contributed by atoms with Crippen LogP contribution in [0.2, 0.25) is 0 Å². The van der Waals surface area contributed by atoms with Crippen molar-refractivity contribution in [2.45, 2.75) is 13.5 Å². The molecule has 2 aromatic heterocycles. The van der Waals surface area contributed by atoms with Crippen LogP contribution in [0.4, 0.5) is 11.5 Å². The number of ether oxygens (including phenoxy) is 1. The van der Waals surface area contributed by atoms with Crippen LogP contribution in [0.25, 0.3) is 11.0 Å². The number of rotatable bonds is 7. The number of aryl methyl sites for hydroxylation is 1. The number of benzene rings is 1. The summed E-state index contributed by atoms with van der Waals surface area (Å²) in [7, 11) is -2.50. The van der Waals surface area contributed by atoms with Crippen LogP contribution in [0.5, 0.6) is 6.01 Å². The summed E-state index contributed by atoms with van der Waals surface area (Å²) < 4.78 is 39.4. The molecule has 0 spiro atoms. The van der Waals surface area contributed by atoms with Crippen LogP contribution in [-0.2, 0) is 23.9 Å². The molecule has 2 heterocycles. The van der Waals surface area contributed by atoms with Crippen molar-refractivity contribution in [2.75, 3.05) is 16.6 Å². The summed E-state index contributed by atoms with van der Waals surface area (Å²) in [5.74, 6) is 0.590. The molecule has 0 atom stereocenters. The molecule has 0 aliphatic heterocycles. The standard InChI is InChI=1S/C15H18N6O4S/c1-3-25-15-18-13(12-9-17-21(2)14(12)19-15)16-8-10-4-6-11(7-5-10)20-26(22,23)24/h4-7,9,20H,3,8H2,1-2H3,(H,16,18,19)(H,22,23,24). The number of nitrogens with one attached hydrogen (secondary N) is 2. The molecule has 3 aromatic rings. The first-order valence-electron chi connectivity index (χ1n) is 7.76. The van der Waals surface area contributed by atoms with Gasteiger partial charge in [0.2, 0.25) is 0 Å². The molecule has 0 saturated carbocycles. The summed E-state index contributed by atoms with van der Waals surface area (Å²) in [6.07, 6.45) is 1.67. The van der Waals surface area contributed by atoms with Gasteiger partial charge in [-0.05, 0) is 24.6 Å². The van der Waals surface area contributed by atoms with Crippen LogP contribution in [0.15, 0.2) is 30.5 Å². The van der Waals surface area contributed by atoms with E-state index < -0.39 is 10.3 Å². The van der Waals surface area contributed by atoms with E-state index in [2.05, 4.69) is 20.4 Å². The molecule has 3 rings (SSSR count). The summed E-state index contributed by atoms with van der Waals surface area (Å²) in [6, 6.07) is 6.82. The summed E-state index contributed by atoms with van der Waals surface area (Å²) >= 11 is 0. The predicted molar refractivity (Wildman–Crippen MR) is 96.4 cm³/mol. The zero-order valence-corrected chi connectivity index (χ0v) is 15.0. The predicted octanol–water partition coefficient (Wildman–Crippen LogP) is 1.59. The molecule has 0 fully saturated rings. The zero-order valence-electron chi connectivity index (χ0n) is 14.2. The number of anilines is 2. The molecular formula is C15H18N6O4S. The lowest BCUT2D eigenvalue weighted by Gasteiger charge is -2.10. The van der Waals surface area contributed by atoms with Crippen LogP contribution < -0.4 is 14.8 Å². The van der Waals surface area contributed by atoms with Gasteiger partial charge in [-0.15, -0.1) is 0 Å². The zero-order chi connectivity index (χ0) is 18.7. The third kappa shape index (κ3) is 4.18. The van der Waals surface area contributed by atoms with Crippen LogP contribution in [-0.4, -0.2) is 39.3 Å². The van der Waals surface area contributed by atoms with Gasteiger partial charge < -0.3 is 10.1 Å². The molecular weight excluding hydrogens is 360 g/mol. The van der Waals surface area contributed by atoms with E-state index in [-0.39, 0.29) is 11.7 Å². The SMILES string of the molecule is CCOc1nc(NCc2ccc(NS(=O)(=O)O)cc2)c2cnn(C)c2n1. The van der Waals surface area contributed by atoms with Crippen molar-refractivity contribution in [1.82, 2.24) is 19.7 Å². The Morgan fingerprint density at radius 1 is 1.23 bits per heavy atom. The van der Waals surface area contributed by atoms with E-state index in [1.165, 1.54) is 0 Å². The van der Waals surface area contributed by atoms with Gasteiger partial charge in [-0.2, -0.15) is 23.5 Å². The average molecular weight is 378 g/mol. The van der Waals surface area contributed by atoms with Crippen molar-refractivity contribution in [3.05, 3.63) is 36.0 Å². The first-order chi connectivity index (χ1) is 12.4. The van der Waals surface area contributed by atoms with Gasteiger partial charge in [0.25, 0.3) is 0 Å². The van der Waals surface area contributed by atoms with E-state index in [1.54, 1.807) is 42.2 Å². The Labute approximate surface area is 150 Å². The van der Waals surface area contributed by atoms with Gasteiger partial charge in [-0.25, -0.2) is 0 Å². The fourth-order valence-electron chi connectivity index (χ4n) is 2.36. The van der Waals surface area contributed by atoms with Crippen LogP contribution in [0.1, 0.15) is 12.5 Å². The lowest BCUT2D eigenvalue weighted by molar-refractivity contribution is 0.314. The Morgan fingerprint density at radius 3 is 2.62 bits per heavy atom. The Kier molecular flexibility index (Phi) is 4.91. The Hall–Kier alpha value is -2.92. The topological polar surface area (TPSA) is 131 Å². The molecule has 0 unspecified atom stereocenters. The lowest BCUT2D eigenvalue weighted by atomic mass is 10.2. The van der Waals surface area contributed by atoms with Gasteiger partial charge in [0.15, 0.2) is 5.65 Å². The molecule has 26 heavy (non-hydrogen) atoms. The van der Waals surface area contributed by atoms with Crippen molar-refractivity contribution in [3.63, 3.8) is 0 Å². The van der Waals surface area contributed by atoms with Crippen molar-refractivity contribution in [3.8, 4) is 6.01 Å². The van der Waals surface area contributed by atoms with E-state index >= 15 is 0 Å². The summed E-state index contributed by atoms with van der Waals surface area (Å²) in [4.78, 5) is 8.69. The second-order valence-corrected chi connectivity index (χ2v) is 6.58. The van der Waals surface area contributed by atoms with E-state index in [9.17, 15) is 8.42 Å². The normalized spacial score (nSPS) is 11.5. The highest BCUT2D eigenvalue weighted by Gasteiger charge is 2.12. The van der Waals surface area contributed by atoms with Gasteiger partial charge in [0, 0.05) is 13.6 Å². The molecule has 10 nitrogen and oxygen atoms in total. The second-order valence-electron chi connectivity index (χ2n) is 5.42. The van der Waals surface area contributed by atoms with Crippen molar-refractivity contribution < 1.29 is 17.7 Å². The fraction of sp³-hybridized carbons (Fsp3) is 0.267. The minimum absolute atomic E-state index is 0.263. The van der Waals surface area contributed by atoms with Gasteiger partial charge in [-0.3, -0.25) is 14.0 Å². The minimum atomic E-state index is -4.28. The molecule has 0 bridgehead atoms. The number of hydrogen-bond donors (Lipinski definition) is 3. The largest absolute Gasteiger partial charge is 0.464 e. The fourth-order valence-corrected chi connectivity index (χ4v) is 2.79. The Bertz CT molecular complexity index is 1020. The number of fused-ring (bicyclic) bond motifs is 1. The minimum Gasteiger partial charge on any atom is -0.464 e. The maximum absolute atomic E-state index is 10.8. The molecule has 0 aliphatic rings. The quantitative estimate of drug-likeness (QED) is 0.528. The highest BCUT2D eigenvalue weighted by molar-refractivity contribution is 7.87. The number of aromatic nitrogens is 4. The summed E-state index contributed by atoms with van der Waals surface area (Å²) in [6.45, 7) is 2.75. The molecule has 0 amide bonds. The van der Waals surface area contributed by atoms with Crippen molar-refractivity contribution in [1.29, 1.82) is 0 Å². The monoisotopic (exact) mass is 378 g/mol. The van der Waals surface area contributed by atoms with Gasteiger partial charge in [0.1, 0.15) is 5.82 Å². The third-order valence-corrected chi connectivity index (χ3v) is 4.00. The lowest BCUT2D eigenvalue weighted by Crippen LogP contribution is -2.10. The van der Waals surface area contributed by atoms with Gasteiger partial charge in [-0.1, -0.05) is 12.1 Å². The molecule has 138 valence electrons. The van der Waals surface area contributed by atoms with Crippen LogP contribution >= 0.6 is 0 Å². The highest BCUT2D eigenvalue weighted by Crippen LogP contribution is 2.23. The molecule has 0 radical (unpaired) electrons. The smallest absolute Gasteiger partial charge is 0.357 e. The van der Waals surface area contributed by atoms with Gasteiger partial charge in [0.05, 0.1) is 23.9 Å². The first kappa shape index (κ1) is 17.9. The van der Waals surface area contributed by atoms with Gasteiger partial charge >= 0.3 is 16.3 Å². The molecule has 0 aliphatic carbocycles. The van der Waals surface area contributed by atoms with E-state index in [0.717, 1.165) is 10.9 Å². The maximum atomic E-state index is 10.8. The molecule has 1 aromatic carbocycles. The Morgan fingerprint density at radius 2 is 1.96 bits per heavy atom. The van der Waals surface area contributed by atoms with E-state index in [1.807, 2.05) is 11.6 Å². The summed E-state index contributed by atoms with van der Waals surface area (Å²) in [5.41, 5.74) is 1.81.